The number of esters is 1. The molecular weight excluding hydrogens is 532 g/mol. The Balaban J connectivity index is 2.09. The quantitative estimate of drug-likeness (QED) is 0.159. The lowest BCUT2D eigenvalue weighted by molar-refractivity contribution is -0.163. The van der Waals surface area contributed by atoms with Crippen LogP contribution in [0.5, 0.6) is 0 Å². The molecular formula is C34H56N2O6. The Kier molecular flexibility index (Phi) is 10.5. The first-order valence-electron chi connectivity index (χ1n) is 15.8. The molecule has 6 atom stereocenters. The van der Waals surface area contributed by atoms with Crippen molar-refractivity contribution in [2.45, 2.75) is 129 Å². The molecule has 2 unspecified atom stereocenters. The number of aliphatic hydroxyl groups is 1. The van der Waals surface area contributed by atoms with Gasteiger partial charge in [0.15, 0.2) is 0 Å². The van der Waals surface area contributed by atoms with Crippen molar-refractivity contribution in [2.24, 2.45) is 23.2 Å². The minimum atomic E-state index is -1.17. The topological polar surface area (TPSA) is 96.4 Å². The van der Waals surface area contributed by atoms with Gasteiger partial charge in [-0.2, -0.15) is 0 Å². The fourth-order valence-electron chi connectivity index (χ4n) is 8.17. The molecule has 3 aliphatic rings. The highest BCUT2D eigenvalue weighted by atomic mass is 16.6. The lowest BCUT2D eigenvalue weighted by Gasteiger charge is -2.46. The minimum absolute atomic E-state index is 0.0587. The average Bonchev–Trinajstić information content (AvgIpc) is 3.44. The molecule has 3 rings (SSSR count). The molecule has 0 aromatic heterocycles. The molecule has 3 heterocycles. The third-order valence-electron chi connectivity index (χ3n) is 9.37. The number of carbonyl (C=O) groups excluding carboxylic acids is 3. The Hall–Kier alpha value is -2.19. The average molecular weight is 589 g/mol. The van der Waals surface area contributed by atoms with Crippen molar-refractivity contribution < 1.29 is 29.0 Å². The van der Waals surface area contributed by atoms with Gasteiger partial charge in [-0.05, 0) is 77.0 Å². The molecule has 238 valence electrons. The molecule has 0 aliphatic carbocycles. The molecule has 8 heteroatoms. The summed E-state index contributed by atoms with van der Waals surface area (Å²) < 4.78 is 12.5. The normalized spacial score (nSPS) is 29.5. The Morgan fingerprint density at radius 2 is 1.83 bits per heavy atom. The number of amides is 2. The van der Waals surface area contributed by atoms with E-state index in [0.717, 1.165) is 19.3 Å². The molecule has 1 spiro atoms. The molecule has 0 aromatic rings. The van der Waals surface area contributed by atoms with Crippen LogP contribution in [-0.2, 0) is 23.9 Å². The van der Waals surface area contributed by atoms with Gasteiger partial charge in [-0.1, -0.05) is 46.8 Å². The Morgan fingerprint density at radius 3 is 2.38 bits per heavy atom. The number of nitrogens with zero attached hydrogens (tertiary/aromatic N) is 2. The van der Waals surface area contributed by atoms with Crippen LogP contribution in [0.15, 0.2) is 25.3 Å². The fraction of sp³-hybridized carbons (Fsp3) is 0.794. The van der Waals surface area contributed by atoms with Gasteiger partial charge in [-0.25, -0.2) is 0 Å². The maximum atomic E-state index is 14.9. The van der Waals surface area contributed by atoms with Gasteiger partial charge in [0, 0.05) is 12.1 Å². The Labute approximate surface area is 253 Å². The second kappa shape index (κ2) is 12.8. The van der Waals surface area contributed by atoms with Crippen LogP contribution >= 0.6 is 0 Å². The van der Waals surface area contributed by atoms with Gasteiger partial charge < -0.3 is 24.4 Å². The van der Waals surface area contributed by atoms with Crippen LogP contribution in [0.4, 0.5) is 0 Å². The third-order valence-corrected chi connectivity index (χ3v) is 9.37. The summed E-state index contributed by atoms with van der Waals surface area (Å²) >= 11 is 0. The van der Waals surface area contributed by atoms with Crippen molar-refractivity contribution in [1.82, 2.24) is 9.80 Å². The van der Waals surface area contributed by atoms with E-state index in [-0.39, 0.29) is 36.4 Å². The maximum Gasteiger partial charge on any atom is 0.312 e. The summed E-state index contributed by atoms with van der Waals surface area (Å²) in [6, 6.07) is -1.54. The summed E-state index contributed by atoms with van der Waals surface area (Å²) in [5.74, 6) is -2.43. The van der Waals surface area contributed by atoms with Gasteiger partial charge in [0.1, 0.15) is 17.6 Å². The second-order valence-corrected chi connectivity index (χ2v) is 15.2. The molecule has 2 bridgehead atoms. The minimum Gasteiger partial charge on any atom is -0.465 e. The van der Waals surface area contributed by atoms with Gasteiger partial charge in [0.2, 0.25) is 11.8 Å². The predicted octanol–water partition coefficient (Wildman–Crippen LogP) is 5.29. The number of rotatable bonds is 15. The summed E-state index contributed by atoms with van der Waals surface area (Å²) in [5.41, 5.74) is -2.68. The molecule has 3 aliphatic heterocycles. The number of likely N-dealkylation sites (tertiary alicyclic amines) is 1. The van der Waals surface area contributed by atoms with E-state index in [1.165, 1.54) is 0 Å². The van der Waals surface area contributed by atoms with Crippen LogP contribution in [0.3, 0.4) is 0 Å². The van der Waals surface area contributed by atoms with Gasteiger partial charge in [-0.15, -0.1) is 13.2 Å². The van der Waals surface area contributed by atoms with E-state index in [2.05, 4.69) is 33.9 Å². The zero-order valence-corrected chi connectivity index (χ0v) is 27.4. The van der Waals surface area contributed by atoms with Crippen molar-refractivity contribution >= 4 is 17.8 Å². The summed E-state index contributed by atoms with van der Waals surface area (Å²) in [5, 5.41) is 10.6. The molecule has 1 N–H and O–H groups in total. The Bertz CT molecular complexity index is 1030. The first-order valence-corrected chi connectivity index (χ1v) is 15.8. The number of fused-ring (bicyclic) bond motifs is 1. The smallest absolute Gasteiger partial charge is 0.312 e. The highest BCUT2D eigenvalue weighted by molar-refractivity contribution is 5.99. The largest absolute Gasteiger partial charge is 0.465 e. The molecule has 0 saturated carbocycles. The predicted molar refractivity (Wildman–Crippen MR) is 164 cm³/mol. The van der Waals surface area contributed by atoms with Crippen LogP contribution in [0, 0.1) is 23.2 Å². The van der Waals surface area contributed by atoms with E-state index in [1.54, 1.807) is 11.0 Å². The molecule has 42 heavy (non-hydrogen) atoms. The number of hydrogen-bond donors (Lipinski definition) is 1. The number of ether oxygens (including phenoxy) is 2. The van der Waals surface area contributed by atoms with E-state index < -0.39 is 46.6 Å². The Morgan fingerprint density at radius 1 is 1.17 bits per heavy atom. The summed E-state index contributed by atoms with van der Waals surface area (Å²) in [7, 11) is 0. The number of hydrogen-bond acceptors (Lipinski definition) is 6. The standard InChI is InChI=1S/C34H56N2O6/c1-11-13-14-15-19-41-30(40)26-25-28(38)36(24(21-37)20-23(3)4)27(34(25)17-16-33(26,10)42-34)29(39)35(18-12-2)32(8,9)22-31(5,6)7/h11-12,23-27,37H,1-2,13-22H2,3-10H3/t24-,25+,26+,27?,33-,34?/m1/s1. The zero-order valence-electron chi connectivity index (χ0n) is 27.4. The van der Waals surface area contributed by atoms with Gasteiger partial charge in [0.25, 0.3) is 0 Å². The molecule has 0 radical (unpaired) electrons. The van der Waals surface area contributed by atoms with Crippen molar-refractivity contribution in [2.75, 3.05) is 19.8 Å². The molecule has 2 amide bonds. The van der Waals surface area contributed by atoms with Crippen LogP contribution in [0.1, 0.15) is 100 Å². The van der Waals surface area contributed by atoms with Crippen molar-refractivity contribution in [3.8, 4) is 0 Å². The van der Waals surface area contributed by atoms with Crippen LogP contribution in [-0.4, -0.2) is 81.3 Å². The van der Waals surface area contributed by atoms with Gasteiger partial charge >= 0.3 is 5.97 Å². The van der Waals surface area contributed by atoms with E-state index in [4.69, 9.17) is 9.47 Å². The van der Waals surface area contributed by atoms with Crippen LogP contribution < -0.4 is 0 Å². The summed E-state index contributed by atoms with van der Waals surface area (Å²) in [4.78, 5) is 46.5. The van der Waals surface area contributed by atoms with E-state index in [1.807, 2.05) is 45.6 Å². The number of unbranched alkanes of at least 4 members (excludes halogenated alkanes) is 2. The molecule has 3 saturated heterocycles. The highest BCUT2D eigenvalue weighted by Gasteiger charge is 2.79. The lowest BCUT2D eigenvalue weighted by Crippen LogP contribution is -2.62. The zero-order chi connectivity index (χ0) is 31.7. The molecule has 3 fully saturated rings. The monoisotopic (exact) mass is 588 g/mol. The van der Waals surface area contributed by atoms with E-state index in [0.29, 0.717) is 32.2 Å². The number of aliphatic hydroxyl groups excluding tert-OH is 1. The highest BCUT2D eigenvalue weighted by Crippen LogP contribution is 2.64. The van der Waals surface area contributed by atoms with Crippen LogP contribution in [0.2, 0.25) is 0 Å². The fourth-order valence-corrected chi connectivity index (χ4v) is 8.17. The second-order valence-electron chi connectivity index (χ2n) is 15.2. The first-order chi connectivity index (χ1) is 19.5. The lowest BCUT2D eigenvalue weighted by atomic mass is 9.66. The molecule has 8 nitrogen and oxygen atoms in total. The summed E-state index contributed by atoms with van der Waals surface area (Å²) in [6.07, 6.45) is 8.26. The van der Waals surface area contributed by atoms with Crippen molar-refractivity contribution in [1.29, 1.82) is 0 Å². The number of allylic oxidation sites excluding steroid dienone is 1. The SMILES string of the molecule is C=CCCCCOC(=O)[C@@H]1[C@H]2C(=O)N([C@@H](CO)CC(C)C)C(C(=O)N(CC=C)C(C)(C)CC(C)(C)C)C23CC[C@@]1(C)O3. The first kappa shape index (κ1) is 34.3. The van der Waals surface area contributed by atoms with Crippen molar-refractivity contribution in [3.63, 3.8) is 0 Å². The van der Waals surface area contributed by atoms with E-state index >= 15 is 0 Å². The van der Waals surface area contributed by atoms with Crippen molar-refractivity contribution in [3.05, 3.63) is 25.3 Å². The van der Waals surface area contributed by atoms with Gasteiger partial charge in [0.05, 0.1) is 30.8 Å². The van der Waals surface area contributed by atoms with Crippen LogP contribution in [0.25, 0.3) is 0 Å². The summed E-state index contributed by atoms with van der Waals surface area (Å²) in [6.45, 7) is 24.4. The van der Waals surface area contributed by atoms with Gasteiger partial charge in [-0.3, -0.25) is 14.4 Å². The number of carbonyl (C=O) groups is 3. The molecule has 0 aromatic carbocycles. The maximum absolute atomic E-state index is 14.9. The third kappa shape index (κ3) is 6.50. The van der Waals surface area contributed by atoms with E-state index in [9.17, 15) is 19.5 Å².